The summed E-state index contributed by atoms with van der Waals surface area (Å²) >= 11 is 0. The highest BCUT2D eigenvalue weighted by atomic mass is 16.6. The number of nitrogens with zero attached hydrogens (tertiary/aromatic N) is 4. The highest BCUT2D eigenvalue weighted by molar-refractivity contribution is 4.76. The van der Waals surface area contributed by atoms with Crippen molar-refractivity contribution in [3.05, 3.63) is 10.1 Å². The molecule has 0 aliphatic heterocycles. The van der Waals surface area contributed by atoms with Gasteiger partial charge in [-0.3, -0.25) is 10.1 Å². The van der Waals surface area contributed by atoms with E-state index in [-0.39, 0.29) is 25.7 Å². The first-order chi connectivity index (χ1) is 7.63. The first-order valence-electron chi connectivity index (χ1n) is 4.88. The molecule has 0 N–H and O–H groups in total. The lowest BCUT2D eigenvalue weighted by atomic mass is 10.1. The second kappa shape index (κ2) is 12.9. The zero-order valence-electron chi connectivity index (χ0n) is 9.22. The molecule has 6 nitrogen and oxygen atoms in total. The van der Waals surface area contributed by atoms with Gasteiger partial charge in [0, 0.05) is 37.0 Å². The topological polar surface area (TPSA) is 115 Å². The van der Waals surface area contributed by atoms with Crippen LogP contribution in [0.5, 0.6) is 0 Å². The fraction of sp³-hybridized carbons (Fsp3) is 0.700. The molecule has 0 heterocycles. The Bertz CT molecular complexity index is 290. The van der Waals surface area contributed by atoms with Gasteiger partial charge >= 0.3 is 0 Å². The number of nitro groups is 1. The molecule has 6 heteroatoms. The molecular weight excluding hydrogens is 208 g/mol. The fourth-order valence-corrected chi connectivity index (χ4v) is 0.817. The SMILES string of the molecule is CCC#N.N#CCCC(CCC#N)[N+](=O)[O-]. The Morgan fingerprint density at radius 3 is 1.69 bits per heavy atom. The summed E-state index contributed by atoms with van der Waals surface area (Å²) in [6.45, 7) is 1.82. The standard InChI is InChI=1S/C7H9N3O2.C3H5N/c8-5-1-3-7(10(11)12)4-2-6-9;1-2-3-4/h7H,1-4H2;2H2,1H3. The molecule has 0 saturated carbocycles. The molecule has 0 aliphatic carbocycles. The summed E-state index contributed by atoms with van der Waals surface area (Å²) in [4.78, 5) is 9.88. The van der Waals surface area contributed by atoms with Gasteiger partial charge < -0.3 is 0 Å². The summed E-state index contributed by atoms with van der Waals surface area (Å²) < 4.78 is 0. The molecule has 0 rings (SSSR count). The average Bonchev–Trinajstić information content (AvgIpc) is 2.29. The normalized spacial score (nSPS) is 7.94. The van der Waals surface area contributed by atoms with Gasteiger partial charge in [-0.2, -0.15) is 15.8 Å². The number of nitriles is 3. The largest absolute Gasteiger partial charge is 0.264 e. The Labute approximate surface area is 94.9 Å². The van der Waals surface area contributed by atoms with E-state index in [0.29, 0.717) is 6.42 Å². The van der Waals surface area contributed by atoms with Crippen molar-refractivity contribution in [2.75, 3.05) is 0 Å². The van der Waals surface area contributed by atoms with E-state index in [4.69, 9.17) is 15.8 Å². The first-order valence-corrected chi connectivity index (χ1v) is 4.88. The third kappa shape index (κ3) is 11.9. The maximum Gasteiger partial charge on any atom is 0.215 e. The van der Waals surface area contributed by atoms with Crippen LogP contribution in [0, 0.1) is 44.1 Å². The number of rotatable bonds is 5. The molecule has 0 unspecified atom stereocenters. The average molecular weight is 222 g/mol. The van der Waals surface area contributed by atoms with Crippen molar-refractivity contribution >= 4 is 0 Å². The van der Waals surface area contributed by atoms with Crippen LogP contribution in [0.2, 0.25) is 0 Å². The molecule has 0 aromatic carbocycles. The van der Waals surface area contributed by atoms with Crippen molar-refractivity contribution in [3.8, 4) is 18.2 Å². The Morgan fingerprint density at radius 2 is 1.50 bits per heavy atom. The number of hydrogen-bond donors (Lipinski definition) is 0. The summed E-state index contributed by atoms with van der Waals surface area (Å²) in [5.74, 6) is 0. The van der Waals surface area contributed by atoms with E-state index in [1.165, 1.54) is 0 Å². The van der Waals surface area contributed by atoms with Gasteiger partial charge in [-0.05, 0) is 0 Å². The first kappa shape index (κ1) is 16.3. The molecule has 0 radical (unpaired) electrons. The smallest absolute Gasteiger partial charge is 0.215 e. The summed E-state index contributed by atoms with van der Waals surface area (Å²) in [6, 6.07) is 4.88. The lowest BCUT2D eigenvalue weighted by Crippen LogP contribution is -2.18. The minimum Gasteiger partial charge on any atom is -0.264 e. The van der Waals surface area contributed by atoms with E-state index < -0.39 is 11.0 Å². The maximum atomic E-state index is 10.3. The summed E-state index contributed by atoms with van der Waals surface area (Å²) in [6.07, 6.45) is 1.46. The number of hydrogen-bond acceptors (Lipinski definition) is 5. The zero-order chi connectivity index (χ0) is 12.8. The molecule has 86 valence electrons. The second-order valence-corrected chi connectivity index (χ2v) is 2.84. The van der Waals surface area contributed by atoms with Crippen LogP contribution >= 0.6 is 0 Å². The monoisotopic (exact) mass is 222 g/mol. The van der Waals surface area contributed by atoms with E-state index >= 15 is 0 Å². The summed E-state index contributed by atoms with van der Waals surface area (Å²) in [5, 5.41) is 34.3. The highest BCUT2D eigenvalue weighted by Gasteiger charge is 2.18. The molecule has 0 amide bonds. The van der Waals surface area contributed by atoms with E-state index in [2.05, 4.69) is 0 Å². The van der Waals surface area contributed by atoms with Gasteiger partial charge in [-0.1, -0.05) is 6.92 Å². The predicted octanol–water partition coefficient (Wildman–Crippen LogP) is 2.16. The van der Waals surface area contributed by atoms with Gasteiger partial charge in [0.25, 0.3) is 0 Å². The van der Waals surface area contributed by atoms with Crippen molar-refractivity contribution in [2.24, 2.45) is 0 Å². The maximum absolute atomic E-state index is 10.3. The van der Waals surface area contributed by atoms with Crippen LogP contribution in [0.4, 0.5) is 0 Å². The van der Waals surface area contributed by atoms with Crippen molar-refractivity contribution in [3.63, 3.8) is 0 Å². The Kier molecular flexibility index (Phi) is 13.1. The molecule has 0 aromatic rings. The van der Waals surface area contributed by atoms with E-state index in [9.17, 15) is 10.1 Å². The van der Waals surface area contributed by atoms with Crippen LogP contribution in [0.15, 0.2) is 0 Å². The quantitative estimate of drug-likeness (QED) is 0.522. The Hall–Kier alpha value is -2.13. The van der Waals surface area contributed by atoms with Crippen LogP contribution < -0.4 is 0 Å². The van der Waals surface area contributed by atoms with Crippen LogP contribution in [0.3, 0.4) is 0 Å². The van der Waals surface area contributed by atoms with Gasteiger partial charge in [-0.25, -0.2) is 0 Å². The third-order valence-corrected chi connectivity index (χ3v) is 1.63. The van der Waals surface area contributed by atoms with Gasteiger partial charge in [0.1, 0.15) is 0 Å². The van der Waals surface area contributed by atoms with Gasteiger partial charge in [-0.15, -0.1) is 0 Å². The van der Waals surface area contributed by atoms with E-state index in [0.717, 1.165) is 0 Å². The van der Waals surface area contributed by atoms with Crippen LogP contribution in [-0.2, 0) is 0 Å². The molecular formula is C10H14N4O2. The molecule has 0 spiro atoms. The minimum absolute atomic E-state index is 0.178. The van der Waals surface area contributed by atoms with Gasteiger partial charge in [0.05, 0.1) is 18.2 Å². The van der Waals surface area contributed by atoms with Crippen molar-refractivity contribution < 1.29 is 4.92 Å². The summed E-state index contributed by atoms with van der Waals surface area (Å²) in [5.41, 5.74) is 0. The minimum atomic E-state index is -0.732. The van der Waals surface area contributed by atoms with E-state index in [1.807, 2.05) is 25.1 Å². The van der Waals surface area contributed by atoms with Crippen LogP contribution in [0.25, 0.3) is 0 Å². The molecule has 0 fully saturated rings. The van der Waals surface area contributed by atoms with Gasteiger partial charge in [0.15, 0.2) is 0 Å². The van der Waals surface area contributed by atoms with Gasteiger partial charge in [0.2, 0.25) is 6.04 Å². The Balaban J connectivity index is 0. The second-order valence-electron chi connectivity index (χ2n) is 2.84. The highest BCUT2D eigenvalue weighted by Crippen LogP contribution is 2.07. The summed E-state index contributed by atoms with van der Waals surface area (Å²) in [7, 11) is 0. The van der Waals surface area contributed by atoms with E-state index in [1.54, 1.807) is 0 Å². The Morgan fingerprint density at radius 1 is 1.12 bits per heavy atom. The molecule has 0 aromatic heterocycles. The van der Waals surface area contributed by atoms with Crippen molar-refractivity contribution in [2.45, 2.75) is 45.1 Å². The molecule has 0 atom stereocenters. The third-order valence-electron chi connectivity index (χ3n) is 1.63. The van der Waals surface area contributed by atoms with Crippen molar-refractivity contribution in [1.29, 1.82) is 15.8 Å². The lowest BCUT2D eigenvalue weighted by molar-refractivity contribution is -0.524. The molecule has 16 heavy (non-hydrogen) atoms. The fourth-order valence-electron chi connectivity index (χ4n) is 0.817. The molecule has 0 saturated heterocycles. The molecule has 0 aliphatic rings. The van der Waals surface area contributed by atoms with Crippen LogP contribution in [-0.4, -0.2) is 11.0 Å². The van der Waals surface area contributed by atoms with Crippen LogP contribution in [0.1, 0.15) is 39.0 Å². The lowest BCUT2D eigenvalue weighted by Gasteiger charge is -2.03. The predicted molar refractivity (Wildman–Crippen MR) is 56.4 cm³/mol. The zero-order valence-corrected chi connectivity index (χ0v) is 9.22. The van der Waals surface area contributed by atoms with Crippen molar-refractivity contribution in [1.82, 2.24) is 0 Å². The molecule has 0 bridgehead atoms.